The van der Waals surface area contributed by atoms with Gasteiger partial charge >= 0.3 is 5.97 Å². The van der Waals surface area contributed by atoms with Crippen molar-refractivity contribution in [2.75, 3.05) is 31.3 Å². The topological polar surface area (TPSA) is 84.8 Å². The molecule has 1 fully saturated rings. The molecule has 1 unspecified atom stereocenters. The summed E-state index contributed by atoms with van der Waals surface area (Å²) < 4.78 is 11.4. The molecule has 34 heavy (non-hydrogen) atoms. The zero-order valence-corrected chi connectivity index (χ0v) is 19.7. The van der Waals surface area contributed by atoms with E-state index in [4.69, 9.17) is 24.5 Å². The van der Waals surface area contributed by atoms with Crippen molar-refractivity contribution in [3.05, 3.63) is 66.9 Å². The highest BCUT2D eigenvalue weighted by atomic mass is 16.5. The van der Waals surface area contributed by atoms with Crippen LogP contribution >= 0.6 is 0 Å². The van der Waals surface area contributed by atoms with Crippen molar-refractivity contribution in [2.45, 2.75) is 38.3 Å². The zero-order chi connectivity index (χ0) is 24.0. The number of rotatable bonds is 10. The highest BCUT2D eigenvalue weighted by Gasteiger charge is 2.30. The van der Waals surface area contributed by atoms with Crippen molar-refractivity contribution < 1.29 is 19.4 Å². The highest BCUT2D eigenvalue weighted by molar-refractivity contribution is 5.78. The molecular weight excluding hydrogens is 430 g/mol. The summed E-state index contributed by atoms with van der Waals surface area (Å²) in [6, 6.07) is 20.4. The molecule has 2 aromatic carbocycles. The highest BCUT2D eigenvalue weighted by Crippen LogP contribution is 2.32. The number of anilines is 1. The van der Waals surface area contributed by atoms with Crippen LogP contribution in [-0.2, 0) is 14.3 Å². The Bertz CT molecular complexity index is 1090. The molecule has 4 rings (SSSR count). The van der Waals surface area contributed by atoms with E-state index in [0.717, 1.165) is 47.7 Å². The molecule has 178 valence electrons. The van der Waals surface area contributed by atoms with Gasteiger partial charge < -0.3 is 19.5 Å². The third-order valence-electron chi connectivity index (χ3n) is 5.87. The van der Waals surface area contributed by atoms with Crippen LogP contribution in [0.15, 0.2) is 66.9 Å². The van der Waals surface area contributed by atoms with Crippen molar-refractivity contribution in [2.24, 2.45) is 0 Å². The van der Waals surface area contributed by atoms with Crippen LogP contribution in [0.4, 0.5) is 5.82 Å². The molecule has 1 aliphatic heterocycles. The second-order valence-electron chi connectivity index (χ2n) is 9.10. The average Bonchev–Trinajstić information content (AvgIpc) is 3.32. The lowest BCUT2D eigenvalue weighted by Crippen LogP contribution is -2.39. The first-order valence-electron chi connectivity index (χ1n) is 11.6. The zero-order valence-electron chi connectivity index (χ0n) is 19.7. The standard InChI is InChI=1S/C27H31N3O4/c1-27(2,19-33-18-24(31)32)34-17-22-14-9-15-30(22)23-16-28-25(20-10-5-3-6-11-20)26(29-23)21-12-7-4-8-13-21/h3-8,10-13,16,22H,9,14-15,17-19H2,1-2H3,(H,31,32). The van der Waals surface area contributed by atoms with Gasteiger partial charge in [-0.15, -0.1) is 0 Å². The Kier molecular flexibility index (Phi) is 7.55. The first-order chi connectivity index (χ1) is 16.4. The first-order valence-corrected chi connectivity index (χ1v) is 11.6. The number of benzene rings is 2. The molecule has 1 atom stereocenters. The van der Waals surface area contributed by atoms with Gasteiger partial charge in [-0.2, -0.15) is 0 Å². The second-order valence-corrected chi connectivity index (χ2v) is 9.10. The van der Waals surface area contributed by atoms with Crippen molar-refractivity contribution >= 4 is 11.8 Å². The molecule has 7 heteroatoms. The summed E-state index contributed by atoms with van der Waals surface area (Å²) in [5.74, 6) is -0.144. The van der Waals surface area contributed by atoms with E-state index >= 15 is 0 Å². The SMILES string of the molecule is CC(C)(COCC(=O)O)OCC1CCCN1c1cnc(-c2ccccc2)c(-c2ccccc2)n1. The van der Waals surface area contributed by atoms with Crippen molar-refractivity contribution in [1.29, 1.82) is 0 Å². The van der Waals surface area contributed by atoms with Gasteiger partial charge in [0.15, 0.2) is 0 Å². The van der Waals surface area contributed by atoms with Crippen LogP contribution in [-0.4, -0.2) is 59.1 Å². The summed E-state index contributed by atoms with van der Waals surface area (Å²) in [5, 5.41) is 8.79. The predicted molar refractivity (Wildman–Crippen MR) is 132 cm³/mol. The molecule has 1 aromatic heterocycles. The Labute approximate surface area is 200 Å². The lowest BCUT2D eigenvalue weighted by Gasteiger charge is -2.31. The summed E-state index contributed by atoms with van der Waals surface area (Å²) in [7, 11) is 0. The number of nitrogens with zero attached hydrogens (tertiary/aromatic N) is 3. The van der Waals surface area contributed by atoms with Gasteiger partial charge in [-0.25, -0.2) is 9.78 Å². The minimum atomic E-state index is -0.982. The van der Waals surface area contributed by atoms with Crippen LogP contribution in [0, 0.1) is 0 Å². The Hall–Kier alpha value is -3.29. The Balaban J connectivity index is 1.54. The molecule has 0 bridgehead atoms. The van der Waals surface area contributed by atoms with Gasteiger partial charge in [0.05, 0.1) is 42.4 Å². The van der Waals surface area contributed by atoms with Gasteiger partial charge in [-0.3, -0.25) is 4.98 Å². The molecule has 0 amide bonds. The Morgan fingerprint density at radius 1 is 1.06 bits per heavy atom. The van der Waals surface area contributed by atoms with E-state index in [0.29, 0.717) is 6.61 Å². The molecule has 3 aromatic rings. The third kappa shape index (κ3) is 5.98. The summed E-state index contributed by atoms with van der Waals surface area (Å²) in [6.07, 6.45) is 3.90. The number of carboxylic acid groups (broad SMARTS) is 1. The van der Waals surface area contributed by atoms with E-state index < -0.39 is 11.6 Å². The van der Waals surface area contributed by atoms with Gasteiger partial charge in [-0.1, -0.05) is 60.7 Å². The molecular formula is C27H31N3O4. The van der Waals surface area contributed by atoms with E-state index in [-0.39, 0.29) is 19.3 Å². The smallest absolute Gasteiger partial charge is 0.329 e. The van der Waals surface area contributed by atoms with Crippen LogP contribution in [0.1, 0.15) is 26.7 Å². The number of ether oxygens (including phenoxy) is 2. The number of carboxylic acids is 1. The number of hydrogen-bond donors (Lipinski definition) is 1. The summed E-state index contributed by atoms with van der Waals surface area (Å²) in [6.45, 7) is 5.11. The molecule has 0 aliphatic carbocycles. The summed E-state index contributed by atoms with van der Waals surface area (Å²) >= 11 is 0. The molecule has 0 radical (unpaired) electrons. The maximum absolute atomic E-state index is 10.7. The van der Waals surface area contributed by atoms with Crippen molar-refractivity contribution in [3.63, 3.8) is 0 Å². The maximum Gasteiger partial charge on any atom is 0.329 e. The fourth-order valence-corrected chi connectivity index (χ4v) is 4.18. The fourth-order valence-electron chi connectivity index (χ4n) is 4.18. The predicted octanol–water partition coefficient (Wildman–Crippen LogP) is 4.68. The van der Waals surface area contributed by atoms with Crippen LogP contribution in [0.3, 0.4) is 0 Å². The summed E-state index contributed by atoms with van der Waals surface area (Å²) in [5.41, 5.74) is 3.20. The lowest BCUT2D eigenvalue weighted by molar-refractivity contribution is -0.146. The third-order valence-corrected chi connectivity index (χ3v) is 5.87. The van der Waals surface area contributed by atoms with Crippen LogP contribution in [0.2, 0.25) is 0 Å². The number of aromatic nitrogens is 2. The monoisotopic (exact) mass is 461 g/mol. The van der Waals surface area contributed by atoms with E-state index in [2.05, 4.69) is 29.2 Å². The Morgan fingerprint density at radius 3 is 2.35 bits per heavy atom. The number of aliphatic carboxylic acids is 1. The van der Waals surface area contributed by atoms with Crippen LogP contribution in [0.25, 0.3) is 22.5 Å². The molecule has 2 heterocycles. The number of hydrogen-bond acceptors (Lipinski definition) is 6. The molecule has 1 N–H and O–H groups in total. The van der Waals surface area contributed by atoms with E-state index in [1.807, 2.05) is 56.4 Å². The van der Waals surface area contributed by atoms with Gasteiger partial charge in [0.1, 0.15) is 12.4 Å². The maximum atomic E-state index is 10.7. The first kappa shape index (κ1) is 23.9. The Morgan fingerprint density at radius 2 is 1.71 bits per heavy atom. The van der Waals surface area contributed by atoms with Crippen molar-refractivity contribution in [3.8, 4) is 22.5 Å². The van der Waals surface area contributed by atoms with Gasteiger partial charge in [-0.05, 0) is 26.7 Å². The average molecular weight is 462 g/mol. The normalized spacial score (nSPS) is 16.1. The fraction of sp³-hybridized carbons (Fsp3) is 0.370. The molecule has 0 saturated carbocycles. The van der Waals surface area contributed by atoms with Gasteiger partial charge in [0.25, 0.3) is 0 Å². The molecule has 7 nitrogen and oxygen atoms in total. The second kappa shape index (κ2) is 10.8. The van der Waals surface area contributed by atoms with Crippen LogP contribution < -0.4 is 4.90 Å². The van der Waals surface area contributed by atoms with E-state index in [1.165, 1.54) is 0 Å². The van der Waals surface area contributed by atoms with Crippen LogP contribution in [0.5, 0.6) is 0 Å². The lowest BCUT2D eigenvalue weighted by atomic mass is 10.0. The molecule has 1 aliphatic rings. The number of carbonyl (C=O) groups is 1. The van der Waals surface area contributed by atoms with Gasteiger partial charge in [0, 0.05) is 17.7 Å². The van der Waals surface area contributed by atoms with Crippen molar-refractivity contribution in [1.82, 2.24) is 9.97 Å². The minimum Gasteiger partial charge on any atom is -0.480 e. The quantitative estimate of drug-likeness (QED) is 0.469. The van der Waals surface area contributed by atoms with E-state index in [9.17, 15) is 4.79 Å². The van der Waals surface area contributed by atoms with Gasteiger partial charge in [0.2, 0.25) is 0 Å². The van der Waals surface area contributed by atoms with E-state index in [1.54, 1.807) is 0 Å². The minimum absolute atomic E-state index is 0.166. The summed E-state index contributed by atoms with van der Waals surface area (Å²) in [4.78, 5) is 22.9. The molecule has 0 spiro atoms. The largest absolute Gasteiger partial charge is 0.480 e. The molecule has 1 saturated heterocycles.